The molecule has 3 heteroatoms. The van der Waals surface area contributed by atoms with E-state index < -0.39 is 0 Å². The number of ketones is 1. The van der Waals surface area contributed by atoms with Crippen LogP contribution >= 0.6 is 0 Å². The number of aryl methyl sites for hydroxylation is 2. The molecule has 1 aliphatic heterocycles. The van der Waals surface area contributed by atoms with Crippen molar-refractivity contribution in [2.75, 3.05) is 0 Å². The zero-order chi connectivity index (χ0) is 30.0. The van der Waals surface area contributed by atoms with Crippen LogP contribution in [-0.4, -0.2) is 10.4 Å². The molecule has 0 fully saturated rings. The maximum absolute atomic E-state index is 12.7. The highest BCUT2D eigenvalue weighted by Gasteiger charge is 2.17. The number of hydrogen-bond donors (Lipinski definition) is 0. The quantitative estimate of drug-likeness (QED) is 0.273. The predicted molar refractivity (Wildman–Crippen MR) is 177 cm³/mol. The van der Waals surface area contributed by atoms with Gasteiger partial charge in [-0.25, -0.2) is 0 Å². The topological polar surface area (TPSA) is 39.1 Å². The van der Waals surface area contributed by atoms with Crippen molar-refractivity contribution in [1.29, 1.82) is 0 Å². The number of carbonyl (C=O) groups excluding carboxylic acids is 1. The van der Waals surface area contributed by atoms with Crippen LogP contribution in [0.25, 0.3) is 17.2 Å². The summed E-state index contributed by atoms with van der Waals surface area (Å²) in [6, 6.07) is 8.14. The molecule has 0 saturated carbocycles. The van der Waals surface area contributed by atoms with Crippen molar-refractivity contribution in [1.82, 2.24) is 4.57 Å². The first-order valence-corrected chi connectivity index (χ1v) is 14.8. The minimum absolute atomic E-state index is 0. The van der Waals surface area contributed by atoms with E-state index in [9.17, 15) is 9.59 Å². The molecule has 0 unspecified atom stereocenters. The van der Waals surface area contributed by atoms with Gasteiger partial charge in [-0.1, -0.05) is 104 Å². The molecule has 0 aliphatic carbocycles. The summed E-state index contributed by atoms with van der Waals surface area (Å²) in [7, 11) is 0. The predicted octanol–water partition coefficient (Wildman–Crippen LogP) is 10.6. The molecule has 39 heavy (non-hydrogen) atoms. The third kappa shape index (κ3) is 11.6. The lowest BCUT2D eigenvalue weighted by molar-refractivity contribution is 0.104. The first-order valence-electron chi connectivity index (χ1n) is 14.8. The van der Waals surface area contributed by atoms with E-state index in [1.807, 2.05) is 27.7 Å². The average molecular weight is 534 g/mol. The van der Waals surface area contributed by atoms with Gasteiger partial charge in [-0.15, -0.1) is 0 Å². The Morgan fingerprint density at radius 3 is 2.28 bits per heavy atom. The number of benzene rings is 1. The van der Waals surface area contributed by atoms with Crippen LogP contribution in [0.15, 0.2) is 66.1 Å². The van der Waals surface area contributed by atoms with Gasteiger partial charge in [0.1, 0.15) is 0 Å². The first-order chi connectivity index (χ1) is 18.7. The van der Waals surface area contributed by atoms with Crippen LogP contribution in [0, 0.1) is 12.8 Å². The maximum atomic E-state index is 12.7. The van der Waals surface area contributed by atoms with E-state index in [1.165, 1.54) is 22.8 Å². The summed E-state index contributed by atoms with van der Waals surface area (Å²) in [4.78, 5) is 24.7. The van der Waals surface area contributed by atoms with E-state index in [4.69, 9.17) is 0 Å². The standard InChI is InChI=1S/C28H31NO2.C4H10.2C2H6.H2/c1-5-8-11-22-14-13-20(4)16-24(22)21(6-2)17-23-12-9-10-15-29-19-25(27(30)7-3)28(31)18-26(23)29;1-4(2)3;2*1-2;/h6-8,11,13-14,16-19H,3,5,9-10,12,15H2,1-2,4H3;4H,1-3H3;2*1-2H3;1H/b11-8-,21-6-,23-17+;;;;. The number of fused-ring (bicyclic) bond motifs is 1. The molecule has 0 atom stereocenters. The summed E-state index contributed by atoms with van der Waals surface area (Å²) in [6.07, 6.45) is 15.5. The molecule has 1 aromatic heterocycles. The Hall–Kier alpha value is -3.20. The molecule has 1 aromatic carbocycles. The van der Waals surface area contributed by atoms with Gasteiger partial charge in [0.25, 0.3) is 0 Å². The maximum Gasteiger partial charge on any atom is 0.193 e. The van der Waals surface area contributed by atoms with Crippen molar-refractivity contribution in [3.05, 3.63) is 99.5 Å². The largest absolute Gasteiger partial charge is 0.347 e. The minimum Gasteiger partial charge on any atom is -0.347 e. The van der Waals surface area contributed by atoms with Crippen LogP contribution in [0.5, 0.6) is 0 Å². The average Bonchev–Trinajstić information content (AvgIpc) is 3.13. The number of hydrogen-bond acceptors (Lipinski definition) is 2. The van der Waals surface area contributed by atoms with E-state index in [2.05, 4.69) is 95.2 Å². The number of rotatable bonds is 6. The Labute approximate surface area is 240 Å². The second-order valence-corrected chi connectivity index (χ2v) is 9.70. The summed E-state index contributed by atoms with van der Waals surface area (Å²) < 4.78 is 2.05. The minimum atomic E-state index is -0.323. The van der Waals surface area contributed by atoms with Gasteiger partial charge in [0.15, 0.2) is 11.2 Å². The Balaban J connectivity index is 0. The van der Waals surface area contributed by atoms with Gasteiger partial charge >= 0.3 is 0 Å². The van der Waals surface area contributed by atoms with Crippen LogP contribution in [0.1, 0.15) is 122 Å². The lowest BCUT2D eigenvalue weighted by Gasteiger charge is -2.15. The van der Waals surface area contributed by atoms with Crippen LogP contribution < -0.4 is 5.43 Å². The van der Waals surface area contributed by atoms with Crippen LogP contribution in [0.3, 0.4) is 0 Å². The van der Waals surface area contributed by atoms with E-state index in [-0.39, 0.29) is 18.2 Å². The number of carbonyl (C=O) groups is 1. The molecule has 0 amide bonds. The Kier molecular flexibility index (Phi) is 18.2. The van der Waals surface area contributed by atoms with Gasteiger partial charge in [-0.3, -0.25) is 9.59 Å². The molecule has 2 aromatic rings. The van der Waals surface area contributed by atoms with Crippen LogP contribution in [-0.2, 0) is 6.54 Å². The lowest BCUT2D eigenvalue weighted by atomic mass is 9.93. The summed E-state index contributed by atoms with van der Waals surface area (Å²) in [5, 5.41) is 0. The molecular formula is C36H55NO2. The zero-order valence-corrected chi connectivity index (χ0v) is 26.4. The summed E-state index contributed by atoms with van der Waals surface area (Å²) in [6.45, 7) is 25.1. The molecule has 3 rings (SSSR count). The molecular weight excluding hydrogens is 478 g/mol. The SMILES string of the molecule is C=CC(=O)c1cn2c(cc1=O)/C(=C/C(=C/C)c1cc(C)ccc1/C=C\CC)CCCC2.CC.CC.CC(C)C.[HH]. The molecule has 0 saturated heterocycles. The normalized spacial score (nSPS) is 13.7. The van der Waals surface area contributed by atoms with Crippen LogP contribution in [0.2, 0.25) is 0 Å². The van der Waals surface area contributed by atoms with Crippen molar-refractivity contribution in [3.63, 3.8) is 0 Å². The summed E-state index contributed by atoms with van der Waals surface area (Å²) in [5.41, 5.74) is 6.72. The highest BCUT2D eigenvalue weighted by atomic mass is 16.1. The smallest absolute Gasteiger partial charge is 0.193 e. The van der Waals surface area contributed by atoms with Gasteiger partial charge < -0.3 is 4.57 Å². The molecule has 0 radical (unpaired) electrons. The van der Waals surface area contributed by atoms with E-state index >= 15 is 0 Å². The third-order valence-corrected chi connectivity index (χ3v) is 5.70. The van der Waals surface area contributed by atoms with Crippen molar-refractivity contribution in [3.8, 4) is 0 Å². The van der Waals surface area contributed by atoms with Gasteiger partial charge in [-0.2, -0.15) is 0 Å². The number of nitrogens with zero attached hydrogens (tertiary/aromatic N) is 1. The molecule has 1 aliphatic rings. The highest BCUT2D eigenvalue weighted by molar-refractivity contribution is 6.04. The second-order valence-electron chi connectivity index (χ2n) is 9.70. The fourth-order valence-corrected chi connectivity index (χ4v) is 4.02. The van der Waals surface area contributed by atoms with Gasteiger partial charge in [0, 0.05) is 25.9 Å². The van der Waals surface area contributed by atoms with Gasteiger partial charge in [0.2, 0.25) is 0 Å². The number of allylic oxidation sites excluding steroid dienone is 6. The molecule has 0 spiro atoms. The fraction of sp³-hybridized carbons (Fsp3) is 0.444. The first kappa shape index (κ1) is 35.8. The molecule has 216 valence electrons. The second kappa shape index (κ2) is 19.8. The Bertz CT molecular complexity index is 1190. The van der Waals surface area contributed by atoms with Crippen molar-refractivity contribution in [2.24, 2.45) is 5.92 Å². The highest BCUT2D eigenvalue weighted by Crippen LogP contribution is 2.31. The van der Waals surface area contributed by atoms with Crippen LogP contribution in [0.4, 0.5) is 0 Å². The van der Waals surface area contributed by atoms with Gasteiger partial charge in [0.05, 0.1) is 5.56 Å². The fourth-order valence-electron chi connectivity index (χ4n) is 4.02. The molecule has 3 nitrogen and oxygen atoms in total. The monoisotopic (exact) mass is 533 g/mol. The van der Waals surface area contributed by atoms with Gasteiger partial charge in [-0.05, 0) is 79.9 Å². The lowest BCUT2D eigenvalue weighted by Crippen LogP contribution is -2.18. The molecule has 0 N–H and O–H groups in total. The Morgan fingerprint density at radius 1 is 1.08 bits per heavy atom. The third-order valence-electron chi connectivity index (χ3n) is 5.70. The summed E-state index contributed by atoms with van der Waals surface area (Å²) >= 11 is 0. The van der Waals surface area contributed by atoms with Crippen molar-refractivity contribution >= 4 is 23.0 Å². The Morgan fingerprint density at radius 2 is 1.72 bits per heavy atom. The summed E-state index contributed by atoms with van der Waals surface area (Å²) in [5.74, 6) is 0.510. The number of aromatic nitrogens is 1. The number of pyridine rings is 1. The van der Waals surface area contributed by atoms with E-state index in [0.717, 1.165) is 55.0 Å². The zero-order valence-electron chi connectivity index (χ0n) is 26.4. The van der Waals surface area contributed by atoms with E-state index in [0.29, 0.717) is 0 Å². The van der Waals surface area contributed by atoms with Crippen molar-refractivity contribution < 1.29 is 6.22 Å². The molecule has 0 bridgehead atoms. The molecule has 2 heterocycles. The van der Waals surface area contributed by atoms with Crippen molar-refractivity contribution in [2.45, 2.75) is 101 Å². The van der Waals surface area contributed by atoms with E-state index in [1.54, 1.807) is 12.3 Å².